The van der Waals surface area contributed by atoms with Gasteiger partial charge in [0, 0.05) is 12.1 Å². The second kappa shape index (κ2) is 4.48. The molecule has 1 N–H and O–H groups in total. The molecular weight excluding hydrogens is 243 g/mol. The van der Waals surface area contributed by atoms with Crippen LogP contribution < -0.4 is 5.43 Å². The first-order chi connectivity index (χ1) is 8.52. The second-order valence-corrected chi connectivity index (χ2v) is 3.50. The molecule has 0 amide bonds. The fraction of sp³-hybridized carbons (Fsp3) is 0.167. The number of esters is 1. The van der Waals surface area contributed by atoms with Crippen molar-refractivity contribution < 1.29 is 23.4 Å². The van der Waals surface area contributed by atoms with E-state index in [1.165, 1.54) is 0 Å². The van der Waals surface area contributed by atoms with E-state index < -0.39 is 23.0 Å². The van der Waals surface area contributed by atoms with E-state index in [1.807, 2.05) is 0 Å². The first kappa shape index (κ1) is 12.1. The molecule has 5 nitrogen and oxygen atoms in total. The maximum absolute atomic E-state index is 13.1. The first-order valence-electron chi connectivity index (χ1n) is 5.16. The molecule has 6 heteroatoms. The Morgan fingerprint density at radius 3 is 2.83 bits per heavy atom. The van der Waals surface area contributed by atoms with Crippen molar-refractivity contribution in [3.05, 3.63) is 40.0 Å². The van der Waals surface area contributed by atoms with Crippen LogP contribution in [-0.2, 0) is 4.74 Å². The minimum atomic E-state index is -0.932. The van der Waals surface area contributed by atoms with Gasteiger partial charge in [-0.3, -0.25) is 4.79 Å². The summed E-state index contributed by atoms with van der Waals surface area (Å²) in [6, 6.07) is 2.72. The highest BCUT2D eigenvalue weighted by Gasteiger charge is 2.15. The van der Waals surface area contributed by atoms with Crippen molar-refractivity contribution in [2.24, 2.45) is 0 Å². The smallest absolute Gasteiger partial charge is 0.374 e. The predicted octanol–water partition coefficient (Wildman–Crippen LogP) is 1.81. The van der Waals surface area contributed by atoms with Gasteiger partial charge in [-0.15, -0.1) is 0 Å². The summed E-state index contributed by atoms with van der Waals surface area (Å²) in [6.07, 6.45) is 0. The molecule has 18 heavy (non-hydrogen) atoms. The van der Waals surface area contributed by atoms with Crippen LogP contribution in [-0.4, -0.2) is 17.7 Å². The van der Waals surface area contributed by atoms with Crippen LogP contribution in [0.5, 0.6) is 5.75 Å². The van der Waals surface area contributed by atoms with E-state index >= 15 is 0 Å². The number of halogens is 1. The van der Waals surface area contributed by atoms with Crippen molar-refractivity contribution in [2.45, 2.75) is 6.92 Å². The van der Waals surface area contributed by atoms with Gasteiger partial charge in [0.1, 0.15) is 5.58 Å². The Labute approximate surface area is 100 Å². The third-order valence-corrected chi connectivity index (χ3v) is 2.27. The van der Waals surface area contributed by atoms with E-state index in [-0.39, 0.29) is 23.3 Å². The minimum Gasteiger partial charge on any atom is -0.505 e. The molecule has 0 aliphatic rings. The zero-order chi connectivity index (χ0) is 13.3. The Bertz CT molecular complexity index is 674. The van der Waals surface area contributed by atoms with Crippen LogP contribution >= 0.6 is 0 Å². The molecule has 0 fully saturated rings. The average molecular weight is 252 g/mol. The molecule has 1 aromatic heterocycles. The number of hydrogen-bond donors (Lipinski definition) is 1. The second-order valence-electron chi connectivity index (χ2n) is 3.50. The van der Waals surface area contributed by atoms with Crippen molar-refractivity contribution in [3.8, 4) is 5.75 Å². The topological polar surface area (TPSA) is 76.7 Å². The molecule has 0 radical (unpaired) electrons. The molecular formula is C12H9FO5. The van der Waals surface area contributed by atoms with E-state index in [0.29, 0.717) is 0 Å². The van der Waals surface area contributed by atoms with Gasteiger partial charge in [-0.1, -0.05) is 0 Å². The zero-order valence-corrected chi connectivity index (χ0v) is 9.40. The fourth-order valence-corrected chi connectivity index (χ4v) is 1.47. The summed E-state index contributed by atoms with van der Waals surface area (Å²) in [6.45, 7) is 1.74. The molecule has 0 aliphatic heterocycles. The minimum absolute atomic E-state index is 0.0571. The van der Waals surface area contributed by atoms with Crippen LogP contribution in [0.25, 0.3) is 11.0 Å². The average Bonchev–Trinajstić information content (AvgIpc) is 2.32. The lowest BCUT2D eigenvalue weighted by Gasteiger charge is -2.03. The quantitative estimate of drug-likeness (QED) is 0.825. The number of rotatable bonds is 2. The molecule has 1 aromatic carbocycles. The Hall–Kier alpha value is -2.37. The van der Waals surface area contributed by atoms with E-state index in [1.54, 1.807) is 6.92 Å². The summed E-state index contributed by atoms with van der Waals surface area (Å²) < 4.78 is 22.9. The maximum atomic E-state index is 13.1. The predicted molar refractivity (Wildman–Crippen MR) is 60.1 cm³/mol. The molecule has 0 spiro atoms. The summed E-state index contributed by atoms with van der Waals surface area (Å²) >= 11 is 0. The summed E-state index contributed by atoms with van der Waals surface area (Å²) in [5, 5.41) is 9.13. The van der Waals surface area contributed by atoms with Crippen molar-refractivity contribution >= 4 is 16.9 Å². The number of phenolic OH excluding ortho intramolecular Hbond substituents is 1. The molecule has 0 saturated heterocycles. The van der Waals surface area contributed by atoms with Crippen molar-refractivity contribution in [1.82, 2.24) is 0 Å². The van der Waals surface area contributed by atoms with Crippen LogP contribution in [0.4, 0.5) is 4.39 Å². The number of aromatic hydroxyl groups is 1. The number of hydrogen-bond acceptors (Lipinski definition) is 5. The number of phenols is 1. The van der Waals surface area contributed by atoms with Crippen LogP contribution in [0.3, 0.4) is 0 Å². The Kier molecular flexibility index (Phi) is 3.01. The van der Waals surface area contributed by atoms with Gasteiger partial charge < -0.3 is 14.3 Å². The molecule has 0 bridgehead atoms. The molecule has 0 aliphatic carbocycles. The van der Waals surface area contributed by atoms with Gasteiger partial charge in [0.05, 0.1) is 12.0 Å². The van der Waals surface area contributed by atoms with Gasteiger partial charge in [0.2, 0.25) is 5.76 Å². The number of carbonyl (C=O) groups excluding carboxylic acids is 1. The molecule has 2 rings (SSSR count). The van der Waals surface area contributed by atoms with Crippen LogP contribution in [0, 0.1) is 5.82 Å². The third-order valence-electron chi connectivity index (χ3n) is 2.27. The third kappa shape index (κ3) is 2.04. The summed E-state index contributed by atoms with van der Waals surface area (Å²) in [5.74, 6) is -2.67. The normalized spacial score (nSPS) is 10.6. The van der Waals surface area contributed by atoms with E-state index in [0.717, 1.165) is 18.2 Å². The van der Waals surface area contributed by atoms with Gasteiger partial charge in [-0.25, -0.2) is 9.18 Å². The van der Waals surface area contributed by atoms with Crippen LogP contribution in [0.1, 0.15) is 17.5 Å². The number of carbonyl (C=O) groups is 1. The van der Waals surface area contributed by atoms with Crippen LogP contribution in [0.15, 0.2) is 27.4 Å². The largest absolute Gasteiger partial charge is 0.505 e. The van der Waals surface area contributed by atoms with Crippen molar-refractivity contribution in [2.75, 3.05) is 6.61 Å². The number of benzene rings is 1. The van der Waals surface area contributed by atoms with Gasteiger partial charge in [-0.05, 0) is 13.0 Å². The van der Waals surface area contributed by atoms with E-state index in [2.05, 4.69) is 4.74 Å². The Balaban J connectivity index is 2.65. The Morgan fingerprint density at radius 2 is 2.17 bits per heavy atom. The highest BCUT2D eigenvalue weighted by Crippen LogP contribution is 2.22. The standard InChI is InChI=1S/C12H9FO5/c1-2-17-12(16)11-4-8(14)6-3-7(13)9(15)5-10(6)18-11/h3-5,15H,2H2,1H3. The highest BCUT2D eigenvalue weighted by atomic mass is 19.1. The van der Waals surface area contributed by atoms with Crippen molar-refractivity contribution in [3.63, 3.8) is 0 Å². The lowest BCUT2D eigenvalue weighted by molar-refractivity contribution is 0.0490. The fourth-order valence-electron chi connectivity index (χ4n) is 1.47. The van der Waals surface area contributed by atoms with Gasteiger partial charge in [0.15, 0.2) is 17.0 Å². The maximum Gasteiger partial charge on any atom is 0.374 e. The lowest BCUT2D eigenvalue weighted by atomic mass is 10.2. The van der Waals surface area contributed by atoms with Gasteiger partial charge in [-0.2, -0.15) is 0 Å². The number of ether oxygens (including phenoxy) is 1. The lowest BCUT2D eigenvalue weighted by Crippen LogP contribution is -2.10. The monoisotopic (exact) mass is 252 g/mol. The molecule has 1 heterocycles. The van der Waals surface area contributed by atoms with Crippen molar-refractivity contribution in [1.29, 1.82) is 0 Å². The first-order valence-corrected chi connectivity index (χ1v) is 5.16. The molecule has 0 unspecified atom stereocenters. The molecule has 2 aromatic rings. The van der Waals surface area contributed by atoms with E-state index in [4.69, 9.17) is 4.42 Å². The Morgan fingerprint density at radius 1 is 1.44 bits per heavy atom. The highest BCUT2D eigenvalue weighted by molar-refractivity contribution is 5.89. The summed E-state index contributed by atoms with van der Waals surface area (Å²) in [7, 11) is 0. The molecule has 0 atom stereocenters. The summed E-state index contributed by atoms with van der Waals surface area (Å²) in [5.41, 5.74) is -0.664. The van der Waals surface area contributed by atoms with E-state index in [9.17, 15) is 19.1 Å². The van der Waals surface area contributed by atoms with Crippen LogP contribution in [0.2, 0.25) is 0 Å². The van der Waals surface area contributed by atoms with Gasteiger partial charge >= 0.3 is 5.97 Å². The number of fused-ring (bicyclic) bond motifs is 1. The SMILES string of the molecule is CCOC(=O)c1cc(=O)c2cc(F)c(O)cc2o1. The molecule has 0 saturated carbocycles. The van der Waals surface area contributed by atoms with Gasteiger partial charge in [0.25, 0.3) is 0 Å². The molecule has 94 valence electrons. The zero-order valence-electron chi connectivity index (χ0n) is 9.40. The summed E-state index contributed by atoms with van der Waals surface area (Å²) in [4.78, 5) is 23.1.